The molecule has 6 heteroatoms. The zero-order valence-electron chi connectivity index (χ0n) is 10.8. The van der Waals surface area contributed by atoms with Gasteiger partial charge in [0.05, 0.1) is 11.9 Å². The summed E-state index contributed by atoms with van der Waals surface area (Å²) in [5.74, 6) is -3.66. The normalized spacial score (nSPS) is 11.4. The summed E-state index contributed by atoms with van der Waals surface area (Å²) in [6.45, 7) is 6.43. The minimum Gasteiger partial charge on any atom is -0.545 e. The van der Waals surface area contributed by atoms with Crippen LogP contribution in [0.5, 0.6) is 0 Å². The number of carboxylic acids is 2. The smallest absolute Gasteiger partial charge is 0.545 e. The predicted octanol–water partition coefficient (Wildman–Crippen LogP) is -6.90. The Labute approximate surface area is 140 Å². The van der Waals surface area contributed by atoms with E-state index in [-0.39, 0.29) is 70.3 Å². The molecule has 0 atom stereocenters. The van der Waals surface area contributed by atoms with Crippen molar-refractivity contribution in [2.24, 2.45) is 11.8 Å². The van der Waals surface area contributed by atoms with Crippen LogP contribution in [0.25, 0.3) is 0 Å². The van der Waals surface area contributed by atoms with Gasteiger partial charge in [-0.15, -0.1) is 0 Å². The molecule has 80 valence electrons. The largest absolute Gasteiger partial charge is 1.00 e. The van der Waals surface area contributed by atoms with Gasteiger partial charge in [-0.05, 0) is 23.0 Å². The van der Waals surface area contributed by atoms with E-state index < -0.39 is 23.8 Å². The summed E-state index contributed by atoms with van der Waals surface area (Å²) in [5, 5.41) is 21.5. The summed E-state index contributed by atoms with van der Waals surface area (Å²) < 4.78 is 0. The van der Waals surface area contributed by atoms with E-state index in [1.807, 2.05) is 0 Å². The molecule has 16 heavy (non-hydrogen) atoms. The Hall–Kier alpha value is 0.680. The zero-order valence-corrected chi connectivity index (χ0v) is 14.8. The van der Waals surface area contributed by atoms with Crippen molar-refractivity contribution >= 4 is 11.9 Å². The molecule has 0 heterocycles. The van der Waals surface area contributed by atoms with E-state index in [0.717, 1.165) is 0 Å². The third kappa shape index (κ3) is 6.42. The summed E-state index contributed by atoms with van der Waals surface area (Å²) in [7, 11) is 0. The van der Waals surface area contributed by atoms with Crippen molar-refractivity contribution in [2.45, 2.75) is 27.7 Å². The standard InChI is InChI=1S/C10H16O4.2Na/c1-5(2)7(9(11)12)8(6(3)4)10(13)14;;/h5-6H,1-4H3,(H,11,12)(H,13,14);;/q;2*+1/p-2. The first-order valence-electron chi connectivity index (χ1n) is 4.45. The van der Waals surface area contributed by atoms with Crippen molar-refractivity contribution in [3.8, 4) is 0 Å². The fourth-order valence-electron chi connectivity index (χ4n) is 1.31. The van der Waals surface area contributed by atoms with E-state index in [1.54, 1.807) is 27.7 Å². The summed E-state index contributed by atoms with van der Waals surface area (Å²) in [5.41, 5.74) is -0.361. The monoisotopic (exact) mass is 244 g/mol. The summed E-state index contributed by atoms with van der Waals surface area (Å²) in [6, 6.07) is 0. The number of carbonyl (C=O) groups is 2. The van der Waals surface area contributed by atoms with E-state index in [4.69, 9.17) is 0 Å². The van der Waals surface area contributed by atoms with Gasteiger partial charge in [-0.1, -0.05) is 27.7 Å². The Morgan fingerprint density at radius 2 is 0.938 bits per heavy atom. The van der Waals surface area contributed by atoms with Crippen LogP contribution >= 0.6 is 0 Å². The van der Waals surface area contributed by atoms with E-state index in [2.05, 4.69) is 0 Å². The van der Waals surface area contributed by atoms with E-state index in [1.165, 1.54) is 0 Å². The summed E-state index contributed by atoms with van der Waals surface area (Å²) in [6.07, 6.45) is 0. The van der Waals surface area contributed by atoms with Crippen molar-refractivity contribution in [2.75, 3.05) is 0 Å². The second-order valence-electron chi connectivity index (χ2n) is 3.71. The molecular weight excluding hydrogens is 230 g/mol. The molecule has 0 bridgehead atoms. The Bertz CT molecular complexity index is 255. The van der Waals surface area contributed by atoms with Gasteiger partial charge in [0.1, 0.15) is 0 Å². The molecule has 0 spiro atoms. The topological polar surface area (TPSA) is 80.3 Å². The molecule has 0 rings (SSSR count). The molecule has 0 aliphatic carbocycles. The van der Waals surface area contributed by atoms with Gasteiger partial charge in [-0.3, -0.25) is 0 Å². The number of rotatable bonds is 4. The maximum Gasteiger partial charge on any atom is 1.00 e. The maximum atomic E-state index is 10.7. The van der Waals surface area contributed by atoms with Crippen LogP contribution in [0, 0.1) is 11.8 Å². The van der Waals surface area contributed by atoms with E-state index in [9.17, 15) is 19.8 Å². The number of carbonyl (C=O) groups excluding carboxylic acids is 2. The Balaban J connectivity index is -0.000000845. The van der Waals surface area contributed by atoms with Crippen LogP contribution in [0.3, 0.4) is 0 Å². The van der Waals surface area contributed by atoms with Crippen LogP contribution in [0.1, 0.15) is 27.7 Å². The van der Waals surface area contributed by atoms with Gasteiger partial charge in [0, 0.05) is 0 Å². The molecule has 0 aliphatic heterocycles. The average Bonchev–Trinajstić information content (AvgIpc) is 1.96. The molecule has 0 radical (unpaired) electrons. The van der Waals surface area contributed by atoms with Crippen LogP contribution < -0.4 is 69.3 Å². The Morgan fingerprint density at radius 1 is 0.750 bits per heavy atom. The van der Waals surface area contributed by atoms with E-state index >= 15 is 0 Å². The number of aliphatic carboxylic acids is 2. The van der Waals surface area contributed by atoms with E-state index in [0.29, 0.717) is 0 Å². The predicted molar refractivity (Wildman–Crippen MR) is 46.7 cm³/mol. The fourth-order valence-corrected chi connectivity index (χ4v) is 1.31. The minimum atomic E-state index is -1.44. The van der Waals surface area contributed by atoms with Gasteiger partial charge in [0.25, 0.3) is 0 Å². The quantitative estimate of drug-likeness (QED) is 0.363. The van der Waals surface area contributed by atoms with Gasteiger partial charge >= 0.3 is 59.1 Å². The first-order valence-corrected chi connectivity index (χ1v) is 4.45. The van der Waals surface area contributed by atoms with Crippen molar-refractivity contribution in [3.63, 3.8) is 0 Å². The Kier molecular flexibility index (Phi) is 13.3. The molecular formula is C10H14Na2O4. The molecule has 0 N–H and O–H groups in total. The third-order valence-electron chi connectivity index (χ3n) is 1.88. The van der Waals surface area contributed by atoms with Crippen molar-refractivity contribution in [1.82, 2.24) is 0 Å². The van der Waals surface area contributed by atoms with Crippen LogP contribution in [0.15, 0.2) is 11.1 Å². The molecule has 4 nitrogen and oxygen atoms in total. The molecule has 0 aromatic carbocycles. The van der Waals surface area contributed by atoms with Crippen LogP contribution in [-0.2, 0) is 9.59 Å². The minimum absolute atomic E-state index is 0. The molecule has 0 amide bonds. The molecule has 0 fully saturated rings. The van der Waals surface area contributed by atoms with Gasteiger partial charge < -0.3 is 19.8 Å². The van der Waals surface area contributed by atoms with Crippen molar-refractivity contribution < 1.29 is 78.9 Å². The molecule has 0 aliphatic rings. The number of hydrogen-bond acceptors (Lipinski definition) is 4. The molecule has 0 aromatic heterocycles. The zero-order chi connectivity index (χ0) is 11.5. The second kappa shape index (κ2) is 9.68. The maximum absolute atomic E-state index is 10.7. The van der Waals surface area contributed by atoms with Gasteiger partial charge in [0.2, 0.25) is 0 Å². The first kappa shape index (κ1) is 21.9. The summed E-state index contributed by atoms with van der Waals surface area (Å²) >= 11 is 0. The second-order valence-corrected chi connectivity index (χ2v) is 3.71. The molecule has 0 unspecified atom stereocenters. The first-order chi connectivity index (χ1) is 6.29. The van der Waals surface area contributed by atoms with Gasteiger partial charge in [-0.2, -0.15) is 0 Å². The van der Waals surface area contributed by atoms with Crippen LogP contribution in [0.2, 0.25) is 0 Å². The Morgan fingerprint density at radius 3 is 1.00 bits per heavy atom. The summed E-state index contributed by atoms with van der Waals surface area (Å²) in [4.78, 5) is 21.5. The van der Waals surface area contributed by atoms with Gasteiger partial charge in [-0.25, -0.2) is 0 Å². The third-order valence-corrected chi connectivity index (χ3v) is 1.88. The molecule has 0 saturated carbocycles. The van der Waals surface area contributed by atoms with Crippen molar-refractivity contribution in [1.29, 1.82) is 0 Å². The number of carboxylic acid groups (broad SMARTS) is 2. The van der Waals surface area contributed by atoms with Crippen LogP contribution in [0.4, 0.5) is 0 Å². The fraction of sp³-hybridized carbons (Fsp3) is 0.600. The SMILES string of the molecule is CC(C)C(C(=O)[O-])=C(C(=O)[O-])C(C)C.[Na+].[Na+]. The van der Waals surface area contributed by atoms with Crippen LogP contribution in [-0.4, -0.2) is 11.9 Å². The molecule has 0 saturated heterocycles. The van der Waals surface area contributed by atoms with Gasteiger partial charge in [0.15, 0.2) is 0 Å². The number of hydrogen-bond donors (Lipinski definition) is 0. The van der Waals surface area contributed by atoms with Crippen molar-refractivity contribution in [3.05, 3.63) is 11.1 Å². The molecule has 0 aromatic rings. The average molecular weight is 244 g/mol.